The molecule has 8 nitrogen and oxygen atoms in total. The molecule has 1 amide bonds. The molecule has 5 aromatic rings. The Labute approximate surface area is 289 Å². The number of amides is 1. The molecule has 49 heavy (non-hydrogen) atoms. The van der Waals surface area contributed by atoms with E-state index < -0.39 is 6.04 Å². The van der Waals surface area contributed by atoms with E-state index in [2.05, 4.69) is 31.3 Å². The van der Waals surface area contributed by atoms with Gasteiger partial charge >= 0.3 is 0 Å². The zero-order chi connectivity index (χ0) is 34.3. The SMILES string of the molecule is CC[C@H](C)c1ccc(OCCOc2ccc(/C=c3\sc4n(c3=O)[C@@H](c3ccccc3)C(C(=O)Nc3ccccc3)=C(C)N=4)cc2OC)cc1. The Kier molecular flexibility index (Phi) is 10.4. The van der Waals surface area contributed by atoms with Crippen molar-refractivity contribution in [2.45, 2.75) is 39.2 Å². The van der Waals surface area contributed by atoms with Crippen LogP contribution >= 0.6 is 11.3 Å². The zero-order valence-electron chi connectivity index (χ0n) is 28.0. The number of hydrogen-bond donors (Lipinski definition) is 1. The van der Waals surface area contributed by atoms with E-state index >= 15 is 0 Å². The molecule has 2 atom stereocenters. The molecule has 6 rings (SSSR count). The first-order valence-electron chi connectivity index (χ1n) is 16.3. The van der Waals surface area contributed by atoms with Crippen LogP contribution in [0.15, 0.2) is 124 Å². The standard InChI is InChI=1S/C40H39N3O5S/c1-5-26(2)29-17-19-32(20-18-29)47-22-23-48-33-21-16-28(24-34(33)46-4)25-35-39(45)43-37(30-12-8-6-9-13-30)36(27(3)41-40(43)49-35)38(44)42-31-14-10-7-11-15-31/h6-21,24-26,37H,5,22-23H2,1-4H3,(H,42,44)/b35-25-/t26-,37-/m0/s1. The fourth-order valence-corrected chi connectivity index (χ4v) is 6.81. The van der Waals surface area contributed by atoms with Crippen molar-refractivity contribution in [3.05, 3.63) is 151 Å². The number of thiazole rings is 1. The molecule has 2 heterocycles. The van der Waals surface area contributed by atoms with Crippen molar-refractivity contribution in [1.82, 2.24) is 4.57 Å². The van der Waals surface area contributed by atoms with Gasteiger partial charge in [0.15, 0.2) is 16.3 Å². The van der Waals surface area contributed by atoms with Gasteiger partial charge in [0, 0.05) is 5.69 Å². The van der Waals surface area contributed by atoms with E-state index in [1.807, 2.05) is 104 Å². The minimum atomic E-state index is -0.645. The molecule has 1 aliphatic heterocycles. The van der Waals surface area contributed by atoms with Crippen LogP contribution in [0.25, 0.3) is 6.08 Å². The lowest BCUT2D eigenvalue weighted by atomic mass is 9.95. The van der Waals surface area contributed by atoms with Crippen molar-refractivity contribution in [3.8, 4) is 17.2 Å². The van der Waals surface area contributed by atoms with E-state index in [0.717, 1.165) is 23.3 Å². The molecule has 0 unspecified atom stereocenters. The van der Waals surface area contributed by atoms with Gasteiger partial charge in [-0.3, -0.25) is 14.2 Å². The summed E-state index contributed by atoms with van der Waals surface area (Å²) in [5, 5.41) is 2.98. The van der Waals surface area contributed by atoms with E-state index in [0.29, 0.717) is 56.9 Å². The van der Waals surface area contributed by atoms with Crippen molar-refractivity contribution in [1.29, 1.82) is 0 Å². The summed E-state index contributed by atoms with van der Waals surface area (Å²) in [6.45, 7) is 6.92. The van der Waals surface area contributed by atoms with E-state index in [-0.39, 0.29) is 11.5 Å². The van der Waals surface area contributed by atoms with Gasteiger partial charge < -0.3 is 19.5 Å². The van der Waals surface area contributed by atoms with Gasteiger partial charge in [-0.05, 0) is 78.4 Å². The van der Waals surface area contributed by atoms with Gasteiger partial charge in [0.05, 0.1) is 29.0 Å². The van der Waals surface area contributed by atoms with Gasteiger partial charge in [-0.2, -0.15) is 0 Å². The third kappa shape index (κ3) is 7.52. The minimum absolute atomic E-state index is 0.233. The summed E-state index contributed by atoms with van der Waals surface area (Å²) in [6.07, 6.45) is 2.91. The Balaban J connectivity index is 1.23. The van der Waals surface area contributed by atoms with Crippen molar-refractivity contribution in [3.63, 3.8) is 0 Å². The van der Waals surface area contributed by atoms with Crippen LogP contribution in [-0.2, 0) is 4.79 Å². The normalized spacial score (nSPS) is 14.9. The molecule has 0 aliphatic carbocycles. The molecule has 0 bridgehead atoms. The van der Waals surface area contributed by atoms with Crippen LogP contribution in [0.4, 0.5) is 5.69 Å². The highest BCUT2D eigenvalue weighted by Gasteiger charge is 2.32. The molecule has 1 N–H and O–H groups in total. The van der Waals surface area contributed by atoms with Gasteiger partial charge in [-0.15, -0.1) is 0 Å². The number of ether oxygens (including phenoxy) is 3. The number of benzene rings is 4. The number of methoxy groups -OCH3 is 1. The smallest absolute Gasteiger partial charge is 0.271 e. The summed E-state index contributed by atoms with van der Waals surface area (Å²) in [4.78, 5) is 33.1. The number of nitrogens with one attached hydrogen (secondary N) is 1. The van der Waals surface area contributed by atoms with E-state index in [1.165, 1.54) is 16.9 Å². The number of rotatable bonds is 12. The molecular weight excluding hydrogens is 635 g/mol. The molecule has 1 aromatic heterocycles. The number of fused-ring (bicyclic) bond motifs is 1. The quantitative estimate of drug-likeness (QED) is 0.146. The van der Waals surface area contributed by atoms with Gasteiger partial charge in [0.2, 0.25) is 0 Å². The molecule has 250 valence electrons. The van der Waals surface area contributed by atoms with Gasteiger partial charge in [0.1, 0.15) is 19.0 Å². The number of hydrogen-bond acceptors (Lipinski definition) is 7. The van der Waals surface area contributed by atoms with Crippen molar-refractivity contribution in [2.24, 2.45) is 4.99 Å². The van der Waals surface area contributed by atoms with Crippen LogP contribution in [0, 0.1) is 0 Å². The first kappa shape index (κ1) is 33.5. The minimum Gasteiger partial charge on any atom is -0.493 e. The molecular formula is C40H39N3O5S. The second-order valence-corrected chi connectivity index (χ2v) is 12.8. The average molecular weight is 674 g/mol. The number of carbonyl (C=O) groups is 1. The van der Waals surface area contributed by atoms with E-state index in [4.69, 9.17) is 19.2 Å². The fraction of sp³-hybridized carbons (Fsp3) is 0.225. The Morgan fingerprint density at radius 1 is 0.939 bits per heavy atom. The van der Waals surface area contributed by atoms with Crippen molar-refractivity contribution < 1.29 is 19.0 Å². The molecule has 9 heteroatoms. The Morgan fingerprint density at radius 3 is 2.33 bits per heavy atom. The molecule has 1 aliphatic rings. The maximum absolute atomic E-state index is 14.1. The number of para-hydroxylation sites is 1. The third-order valence-corrected chi connectivity index (χ3v) is 9.55. The third-order valence-electron chi connectivity index (χ3n) is 8.57. The predicted octanol–water partition coefficient (Wildman–Crippen LogP) is 6.85. The Bertz CT molecular complexity index is 2140. The highest BCUT2D eigenvalue weighted by molar-refractivity contribution is 7.07. The molecule has 0 fully saturated rings. The lowest BCUT2D eigenvalue weighted by Crippen LogP contribution is -2.40. The Hall–Kier alpha value is -5.41. The highest BCUT2D eigenvalue weighted by atomic mass is 32.1. The molecule has 0 saturated heterocycles. The van der Waals surface area contributed by atoms with Crippen LogP contribution in [0.1, 0.15) is 55.8 Å². The van der Waals surface area contributed by atoms with Crippen LogP contribution < -0.4 is 34.4 Å². The van der Waals surface area contributed by atoms with E-state index in [9.17, 15) is 9.59 Å². The number of anilines is 1. The molecule has 0 spiro atoms. The summed E-state index contributed by atoms with van der Waals surface area (Å²) in [5.41, 5.74) is 4.29. The highest BCUT2D eigenvalue weighted by Crippen LogP contribution is 2.31. The van der Waals surface area contributed by atoms with Crippen LogP contribution in [0.3, 0.4) is 0 Å². The number of carbonyl (C=O) groups excluding carboxylic acids is 1. The number of nitrogens with zero attached hydrogens (tertiary/aromatic N) is 2. The van der Waals surface area contributed by atoms with Crippen molar-refractivity contribution >= 4 is 29.0 Å². The van der Waals surface area contributed by atoms with Crippen LogP contribution in [-0.4, -0.2) is 30.8 Å². The molecule has 4 aromatic carbocycles. The van der Waals surface area contributed by atoms with Gasteiger partial charge in [-0.1, -0.05) is 91.9 Å². The number of allylic oxidation sites excluding steroid dienone is 1. The van der Waals surface area contributed by atoms with Gasteiger partial charge in [-0.25, -0.2) is 4.99 Å². The summed E-state index contributed by atoms with van der Waals surface area (Å²) in [5.74, 6) is 2.12. The average Bonchev–Trinajstić information content (AvgIpc) is 3.43. The van der Waals surface area contributed by atoms with Gasteiger partial charge in [0.25, 0.3) is 11.5 Å². The second-order valence-electron chi connectivity index (χ2n) is 11.8. The van der Waals surface area contributed by atoms with Crippen LogP contribution in [0.2, 0.25) is 0 Å². The zero-order valence-corrected chi connectivity index (χ0v) is 28.8. The molecule has 0 saturated carbocycles. The fourth-order valence-electron chi connectivity index (χ4n) is 5.77. The lowest BCUT2D eigenvalue weighted by molar-refractivity contribution is -0.113. The first-order valence-corrected chi connectivity index (χ1v) is 17.2. The lowest BCUT2D eigenvalue weighted by Gasteiger charge is -2.25. The predicted molar refractivity (Wildman–Crippen MR) is 194 cm³/mol. The monoisotopic (exact) mass is 673 g/mol. The largest absolute Gasteiger partial charge is 0.493 e. The summed E-state index contributed by atoms with van der Waals surface area (Å²) >= 11 is 1.29. The second kappa shape index (κ2) is 15.2. The summed E-state index contributed by atoms with van der Waals surface area (Å²) < 4.78 is 19.6. The maximum Gasteiger partial charge on any atom is 0.271 e. The van der Waals surface area contributed by atoms with Crippen molar-refractivity contribution in [2.75, 3.05) is 25.6 Å². The first-order chi connectivity index (χ1) is 23.9. The maximum atomic E-state index is 14.1. The topological polar surface area (TPSA) is 91.2 Å². The molecule has 0 radical (unpaired) electrons. The number of aromatic nitrogens is 1. The Morgan fingerprint density at radius 2 is 1.63 bits per heavy atom. The summed E-state index contributed by atoms with van der Waals surface area (Å²) in [6, 6.07) is 31.9. The summed E-state index contributed by atoms with van der Waals surface area (Å²) in [7, 11) is 1.58. The van der Waals surface area contributed by atoms with E-state index in [1.54, 1.807) is 11.7 Å². The van der Waals surface area contributed by atoms with Crippen LogP contribution in [0.5, 0.6) is 17.2 Å².